The Kier molecular flexibility index (Phi) is 5.10. The van der Waals surface area contributed by atoms with E-state index in [1.54, 1.807) is 13.8 Å². The van der Waals surface area contributed by atoms with Crippen molar-refractivity contribution in [3.8, 4) is 0 Å². The molecule has 0 radical (unpaired) electrons. The van der Waals surface area contributed by atoms with E-state index in [4.69, 9.17) is 4.74 Å². The minimum absolute atomic E-state index is 0.157. The molecule has 1 fully saturated rings. The fourth-order valence-electron chi connectivity index (χ4n) is 3.56. The maximum Gasteiger partial charge on any atom is 0.414 e. The molecule has 2 aliphatic rings. The first-order chi connectivity index (χ1) is 12.6. The summed E-state index contributed by atoms with van der Waals surface area (Å²) in [5, 5.41) is 2.80. The molecule has 1 aliphatic carbocycles. The lowest BCUT2D eigenvalue weighted by Crippen LogP contribution is -2.49. The van der Waals surface area contributed by atoms with Crippen molar-refractivity contribution in [1.82, 2.24) is 10.3 Å². The van der Waals surface area contributed by atoms with E-state index in [1.807, 2.05) is 0 Å². The molecule has 1 saturated carbocycles. The Morgan fingerprint density at radius 3 is 2.52 bits per heavy atom. The van der Waals surface area contributed by atoms with E-state index >= 15 is 0 Å². The predicted octanol–water partition coefficient (Wildman–Crippen LogP) is 3.90. The van der Waals surface area contributed by atoms with Crippen LogP contribution in [0.15, 0.2) is 12.1 Å². The average Bonchev–Trinajstić information content (AvgIpc) is 3.36. The van der Waals surface area contributed by atoms with Gasteiger partial charge in [-0.25, -0.2) is 9.78 Å². The van der Waals surface area contributed by atoms with Crippen LogP contribution < -0.4 is 10.2 Å². The number of amides is 2. The number of ether oxygens (including phenoxy) is 1. The number of alkyl halides is 2. The zero-order valence-corrected chi connectivity index (χ0v) is 16.0. The van der Waals surface area contributed by atoms with E-state index in [1.165, 1.54) is 24.0 Å². The van der Waals surface area contributed by atoms with Crippen LogP contribution in [-0.4, -0.2) is 29.1 Å². The smallest absolute Gasteiger partial charge is 0.414 e. The lowest BCUT2D eigenvalue weighted by molar-refractivity contribution is -0.119. The topological polar surface area (TPSA) is 71.5 Å². The minimum atomic E-state index is -3.12. The van der Waals surface area contributed by atoms with Crippen molar-refractivity contribution >= 4 is 17.7 Å². The van der Waals surface area contributed by atoms with Gasteiger partial charge in [-0.15, -0.1) is 0 Å². The first kappa shape index (κ1) is 19.5. The molecule has 2 unspecified atom stereocenters. The molecule has 1 aromatic heterocycles. The number of halogens is 2. The number of anilines is 1. The molecule has 27 heavy (non-hydrogen) atoms. The Morgan fingerprint density at radius 1 is 1.33 bits per heavy atom. The first-order valence-electron chi connectivity index (χ1n) is 9.24. The number of rotatable bonds is 4. The summed E-state index contributed by atoms with van der Waals surface area (Å²) < 4.78 is 33.0. The summed E-state index contributed by atoms with van der Waals surface area (Å²) in [4.78, 5) is 30.1. The molecule has 0 aromatic carbocycles. The Balaban J connectivity index is 2.08. The van der Waals surface area contributed by atoms with Crippen molar-refractivity contribution in [2.45, 2.75) is 71.1 Å². The van der Waals surface area contributed by atoms with Gasteiger partial charge in [-0.1, -0.05) is 0 Å². The van der Waals surface area contributed by atoms with Gasteiger partial charge in [0.05, 0.1) is 23.5 Å². The number of hydrogen-bond acceptors (Lipinski definition) is 4. The molecule has 0 spiro atoms. The van der Waals surface area contributed by atoms with Gasteiger partial charge in [-0.05, 0) is 51.2 Å². The van der Waals surface area contributed by atoms with Crippen LogP contribution in [0, 0.1) is 5.92 Å². The lowest BCUT2D eigenvalue weighted by atomic mass is 9.91. The van der Waals surface area contributed by atoms with Gasteiger partial charge in [0, 0.05) is 19.9 Å². The highest BCUT2D eigenvalue weighted by atomic mass is 19.3. The number of nitrogens with one attached hydrogen (secondary N) is 1. The molecule has 8 heteroatoms. The van der Waals surface area contributed by atoms with E-state index < -0.39 is 23.8 Å². The maximum absolute atomic E-state index is 13.8. The van der Waals surface area contributed by atoms with Gasteiger partial charge < -0.3 is 10.1 Å². The van der Waals surface area contributed by atoms with Crippen LogP contribution in [0.5, 0.6) is 0 Å². The van der Waals surface area contributed by atoms with Crippen molar-refractivity contribution in [3.05, 3.63) is 23.5 Å². The van der Waals surface area contributed by atoms with Crippen molar-refractivity contribution in [1.29, 1.82) is 0 Å². The number of pyridine rings is 1. The fourth-order valence-corrected chi connectivity index (χ4v) is 3.56. The molecule has 148 valence electrons. The van der Waals surface area contributed by atoms with Crippen LogP contribution in [0.4, 0.5) is 19.3 Å². The van der Waals surface area contributed by atoms with Crippen LogP contribution in [0.1, 0.15) is 64.4 Å². The summed E-state index contributed by atoms with van der Waals surface area (Å²) in [6.45, 7) is 5.67. The van der Waals surface area contributed by atoms with Crippen LogP contribution in [0.3, 0.4) is 0 Å². The highest BCUT2D eigenvalue weighted by Crippen LogP contribution is 2.46. The summed E-state index contributed by atoms with van der Waals surface area (Å²) in [6.07, 6.45) is 1.58. The molecular formula is C19H25F2N3O3. The number of hydrogen-bond donors (Lipinski definition) is 1. The van der Waals surface area contributed by atoms with Gasteiger partial charge in [0.1, 0.15) is 5.69 Å². The van der Waals surface area contributed by atoms with Crippen LogP contribution >= 0.6 is 0 Å². The van der Waals surface area contributed by atoms with Crippen molar-refractivity contribution in [3.63, 3.8) is 0 Å². The summed E-state index contributed by atoms with van der Waals surface area (Å²) in [5.41, 5.74) is 0.316. The summed E-state index contributed by atoms with van der Waals surface area (Å²) in [5.74, 6) is -3.08. The number of carbonyl (C=O) groups is 2. The lowest BCUT2D eigenvalue weighted by Gasteiger charge is -2.40. The van der Waals surface area contributed by atoms with E-state index in [9.17, 15) is 18.4 Å². The average molecular weight is 381 g/mol. The Hall–Kier alpha value is -2.25. The standard InChI is InChI=1S/C19H25F2N3O3/c1-10(2)27-18(26)24-14-7-8-16(19(4,20)21)23-17(14)13(22-11(3)25)9-15(24)12-5-6-12/h7-8,10,12-13,15H,5-6,9H2,1-4H3,(H,22,25). The predicted molar refractivity (Wildman–Crippen MR) is 95.6 cm³/mol. The largest absolute Gasteiger partial charge is 0.446 e. The zero-order valence-electron chi connectivity index (χ0n) is 16.0. The number of fused-ring (bicyclic) bond motifs is 1. The molecule has 0 saturated heterocycles. The van der Waals surface area contributed by atoms with Crippen molar-refractivity contribution in [2.75, 3.05) is 4.90 Å². The van der Waals surface area contributed by atoms with Crippen molar-refractivity contribution < 1.29 is 23.1 Å². The van der Waals surface area contributed by atoms with Crippen molar-refractivity contribution in [2.24, 2.45) is 5.92 Å². The molecule has 2 atom stereocenters. The molecule has 2 heterocycles. The van der Waals surface area contributed by atoms with Gasteiger partial charge in [-0.3, -0.25) is 9.69 Å². The minimum Gasteiger partial charge on any atom is -0.446 e. The third-order valence-corrected chi connectivity index (χ3v) is 4.83. The second-order valence-corrected chi connectivity index (χ2v) is 7.69. The number of aromatic nitrogens is 1. The number of carbonyl (C=O) groups excluding carboxylic acids is 2. The summed E-state index contributed by atoms with van der Waals surface area (Å²) in [7, 11) is 0. The van der Waals surface area contributed by atoms with Crippen LogP contribution in [-0.2, 0) is 15.5 Å². The molecule has 3 rings (SSSR count). The quantitative estimate of drug-likeness (QED) is 0.859. The molecule has 2 amide bonds. The van der Waals surface area contributed by atoms with E-state index in [0.717, 1.165) is 19.8 Å². The second kappa shape index (κ2) is 7.05. The fraction of sp³-hybridized carbons (Fsp3) is 0.632. The Labute approximate surface area is 157 Å². The molecule has 6 nitrogen and oxygen atoms in total. The van der Waals surface area contributed by atoms with E-state index in [0.29, 0.717) is 18.0 Å². The highest BCUT2D eigenvalue weighted by Gasteiger charge is 2.46. The van der Waals surface area contributed by atoms with E-state index in [-0.39, 0.29) is 23.7 Å². The first-order valence-corrected chi connectivity index (χ1v) is 9.24. The monoisotopic (exact) mass is 381 g/mol. The van der Waals surface area contributed by atoms with Gasteiger partial charge in [0.2, 0.25) is 5.91 Å². The normalized spacial score (nSPS) is 22.4. The maximum atomic E-state index is 13.8. The molecular weight excluding hydrogens is 356 g/mol. The highest BCUT2D eigenvalue weighted by molar-refractivity contribution is 5.90. The third-order valence-electron chi connectivity index (χ3n) is 4.83. The Morgan fingerprint density at radius 2 is 2.00 bits per heavy atom. The van der Waals surface area contributed by atoms with Gasteiger partial charge >= 0.3 is 6.09 Å². The van der Waals surface area contributed by atoms with Gasteiger partial charge in [-0.2, -0.15) is 8.78 Å². The second-order valence-electron chi connectivity index (χ2n) is 7.69. The summed E-state index contributed by atoms with van der Waals surface area (Å²) in [6, 6.07) is 2.04. The van der Waals surface area contributed by atoms with Crippen LogP contribution in [0.25, 0.3) is 0 Å². The Bertz CT molecular complexity index is 744. The van der Waals surface area contributed by atoms with E-state index in [2.05, 4.69) is 10.3 Å². The molecule has 1 N–H and O–H groups in total. The van der Waals surface area contributed by atoms with Gasteiger partial charge in [0.15, 0.2) is 0 Å². The zero-order chi connectivity index (χ0) is 19.9. The van der Waals surface area contributed by atoms with Gasteiger partial charge in [0.25, 0.3) is 5.92 Å². The SMILES string of the molecule is CC(=O)NC1CC(C2CC2)N(C(=O)OC(C)C)c2ccc(C(C)(F)F)nc21. The summed E-state index contributed by atoms with van der Waals surface area (Å²) >= 11 is 0. The molecule has 1 aromatic rings. The molecule has 1 aliphatic heterocycles. The third kappa shape index (κ3) is 4.20. The van der Waals surface area contributed by atoms with Crippen LogP contribution in [0.2, 0.25) is 0 Å². The molecule has 0 bridgehead atoms. The number of nitrogens with zero attached hydrogens (tertiary/aromatic N) is 2.